The number of rotatable bonds is 4. The first-order valence-electron chi connectivity index (χ1n) is 5.39. The van der Waals surface area contributed by atoms with Gasteiger partial charge in [0.2, 0.25) is 5.91 Å². The Morgan fingerprint density at radius 1 is 1.44 bits per heavy atom. The minimum Gasteiger partial charge on any atom is -0.481 e. The number of halogens is 1. The van der Waals surface area contributed by atoms with Crippen LogP contribution < -0.4 is 5.32 Å². The third-order valence-electron chi connectivity index (χ3n) is 2.47. The van der Waals surface area contributed by atoms with Crippen molar-refractivity contribution < 1.29 is 14.7 Å². The first-order valence-corrected chi connectivity index (χ1v) is 6.18. The molecule has 2 N–H and O–H groups in total. The number of pyridine rings is 1. The topological polar surface area (TPSA) is 79.3 Å². The van der Waals surface area contributed by atoms with E-state index >= 15 is 0 Å². The minimum absolute atomic E-state index is 0.0981. The van der Waals surface area contributed by atoms with Crippen molar-refractivity contribution in [3.05, 3.63) is 22.3 Å². The SMILES string of the molecule is Cc1nc(NC(=O)CC(C)(C)C(=O)O)ccc1Br. The molecule has 5 nitrogen and oxygen atoms in total. The maximum absolute atomic E-state index is 11.7. The Morgan fingerprint density at radius 2 is 2.06 bits per heavy atom. The Balaban J connectivity index is 2.71. The van der Waals surface area contributed by atoms with Gasteiger partial charge in [-0.3, -0.25) is 9.59 Å². The van der Waals surface area contributed by atoms with Crippen LogP contribution >= 0.6 is 15.9 Å². The van der Waals surface area contributed by atoms with Crippen LogP contribution in [0.25, 0.3) is 0 Å². The van der Waals surface area contributed by atoms with Gasteiger partial charge in [-0.25, -0.2) is 4.98 Å². The molecule has 6 heteroatoms. The summed E-state index contributed by atoms with van der Waals surface area (Å²) in [5, 5.41) is 11.5. The molecule has 0 unspecified atom stereocenters. The summed E-state index contributed by atoms with van der Waals surface area (Å²) >= 11 is 3.31. The Labute approximate surface area is 114 Å². The number of carboxylic acid groups (broad SMARTS) is 1. The molecule has 0 fully saturated rings. The molecule has 0 bridgehead atoms. The number of nitrogens with one attached hydrogen (secondary N) is 1. The fourth-order valence-electron chi connectivity index (χ4n) is 1.28. The second-order valence-corrected chi connectivity index (χ2v) is 5.53. The summed E-state index contributed by atoms with van der Waals surface area (Å²) in [6.45, 7) is 4.82. The van der Waals surface area contributed by atoms with E-state index in [1.807, 2.05) is 0 Å². The second kappa shape index (κ2) is 5.48. The number of nitrogens with zero attached hydrogens (tertiary/aromatic N) is 1. The van der Waals surface area contributed by atoms with Crippen molar-refractivity contribution in [3.8, 4) is 0 Å². The van der Waals surface area contributed by atoms with Gasteiger partial charge in [0.05, 0.1) is 11.1 Å². The van der Waals surface area contributed by atoms with Gasteiger partial charge in [-0.2, -0.15) is 0 Å². The van der Waals surface area contributed by atoms with Crippen LogP contribution in [0.1, 0.15) is 26.0 Å². The Hall–Kier alpha value is -1.43. The maximum atomic E-state index is 11.7. The van der Waals surface area contributed by atoms with Gasteiger partial charge in [-0.15, -0.1) is 0 Å². The first-order chi connectivity index (χ1) is 8.22. The number of amides is 1. The van der Waals surface area contributed by atoms with E-state index in [9.17, 15) is 9.59 Å². The fraction of sp³-hybridized carbons (Fsp3) is 0.417. The van der Waals surface area contributed by atoms with Crippen molar-refractivity contribution >= 4 is 33.6 Å². The average molecular weight is 315 g/mol. The molecule has 1 amide bonds. The third kappa shape index (κ3) is 3.80. The number of carboxylic acids is 1. The number of aliphatic carboxylic acids is 1. The summed E-state index contributed by atoms with van der Waals surface area (Å²) in [4.78, 5) is 26.8. The normalized spacial score (nSPS) is 11.1. The number of anilines is 1. The molecule has 0 radical (unpaired) electrons. The van der Waals surface area contributed by atoms with Crippen molar-refractivity contribution in [2.75, 3.05) is 5.32 Å². The molecule has 0 aromatic carbocycles. The summed E-state index contributed by atoms with van der Waals surface area (Å²) in [5.41, 5.74) is -0.334. The molecule has 0 spiro atoms. The van der Waals surface area contributed by atoms with Crippen LogP contribution in [-0.4, -0.2) is 22.0 Å². The monoisotopic (exact) mass is 314 g/mol. The number of aromatic nitrogens is 1. The van der Waals surface area contributed by atoms with Gasteiger partial charge in [0.25, 0.3) is 0 Å². The van der Waals surface area contributed by atoms with Crippen LogP contribution in [-0.2, 0) is 9.59 Å². The van der Waals surface area contributed by atoms with Crippen LogP contribution in [0.2, 0.25) is 0 Å². The highest BCUT2D eigenvalue weighted by Crippen LogP contribution is 2.22. The predicted octanol–water partition coefficient (Wildman–Crippen LogP) is 2.59. The van der Waals surface area contributed by atoms with Crippen LogP contribution in [0.15, 0.2) is 16.6 Å². The molecular weight excluding hydrogens is 300 g/mol. The van der Waals surface area contributed by atoms with E-state index in [4.69, 9.17) is 5.11 Å². The Morgan fingerprint density at radius 3 is 2.56 bits per heavy atom. The highest BCUT2D eigenvalue weighted by molar-refractivity contribution is 9.10. The molecule has 0 saturated heterocycles. The summed E-state index contributed by atoms with van der Waals surface area (Å²) in [7, 11) is 0. The smallest absolute Gasteiger partial charge is 0.309 e. The minimum atomic E-state index is -1.09. The van der Waals surface area contributed by atoms with Gasteiger partial charge in [0.15, 0.2) is 0 Å². The van der Waals surface area contributed by atoms with Crippen LogP contribution in [0.4, 0.5) is 5.82 Å². The average Bonchev–Trinajstić information content (AvgIpc) is 2.22. The van der Waals surface area contributed by atoms with Gasteiger partial charge in [-0.05, 0) is 48.8 Å². The van der Waals surface area contributed by atoms with E-state index < -0.39 is 11.4 Å². The molecule has 1 heterocycles. The van der Waals surface area contributed by atoms with Crippen LogP contribution in [0.5, 0.6) is 0 Å². The van der Waals surface area contributed by atoms with Crippen molar-refractivity contribution in [3.63, 3.8) is 0 Å². The van der Waals surface area contributed by atoms with Gasteiger partial charge in [0, 0.05) is 10.9 Å². The Kier molecular flexibility index (Phi) is 4.45. The molecule has 0 aliphatic carbocycles. The Bertz CT molecular complexity index is 486. The van der Waals surface area contributed by atoms with Gasteiger partial charge >= 0.3 is 5.97 Å². The van der Waals surface area contributed by atoms with E-state index in [0.29, 0.717) is 5.82 Å². The van der Waals surface area contributed by atoms with Crippen molar-refractivity contribution in [2.24, 2.45) is 5.41 Å². The van der Waals surface area contributed by atoms with E-state index in [2.05, 4.69) is 26.2 Å². The number of hydrogen-bond acceptors (Lipinski definition) is 3. The molecule has 0 aliphatic rings. The first kappa shape index (κ1) is 14.6. The largest absolute Gasteiger partial charge is 0.481 e. The number of hydrogen-bond donors (Lipinski definition) is 2. The summed E-state index contributed by atoms with van der Waals surface area (Å²) in [6.07, 6.45) is -0.0981. The number of carbonyl (C=O) groups excluding carboxylic acids is 1. The van der Waals surface area contributed by atoms with Gasteiger partial charge < -0.3 is 10.4 Å². The molecule has 98 valence electrons. The van der Waals surface area contributed by atoms with Crippen LogP contribution in [0, 0.1) is 12.3 Å². The fourth-order valence-corrected chi connectivity index (χ4v) is 1.50. The molecule has 1 aromatic rings. The quantitative estimate of drug-likeness (QED) is 0.895. The molecule has 1 aromatic heterocycles. The van der Waals surface area contributed by atoms with Crippen LogP contribution in [0.3, 0.4) is 0 Å². The lowest BCUT2D eigenvalue weighted by molar-refractivity contribution is -0.148. The van der Waals surface area contributed by atoms with E-state index in [-0.39, 0.29) is 12.3 Å². The van der Waals surface area contributed by atoms with E-state index in [0.717, 1.165) is 10.2 Å². The third-order valence-corrected chi connectivity index (χ3v) is 3.31. The zero-order chi connectivity index (χ0) is 13.9. The molecule has 0 aliphatic heterocycles. The highest BCUT2D eigenvalue weighted by atomic mass is 79.9. The zero-order valence-corrected chi connectivity index (χ0v) is 12.0. The van der Waals surface area contributed by atoms with Gasteiger partial charge in [0.1, 0.15) is 5.82 Å². The lowest BCUT2D eigenvalue weighted by atomic mass is 9.89. The maximum Gasteiger partial charge on any atom is 0.309 e. The molecule has 0 saturated carbocycles. The van der Waals surface area contributed by atoms with Crippen molar-refractivity contribution in [2.45, 2.75) is 27.2 Å². The van der Waals surface area contributed by atoms with E-state index in [1.165, 1.54) is 13.8 Å². The van der Waals surface area contributed by atoms with E-state index in [1.54, 1.807) is 19.1 Å². The predicted molar refractivity (Wildman–Crippen MR) is 71.3 cm³/mol. The molecular formula is C12H15BrN2O3. The number of carbonyl (C=O) groups is 2. The van der Waals surface area contributed by atoms with Gasteiger partial charge in [-0.1, -0.05) is 0 Å². The number of aryl methyl sites for hydroxylation is 1. The summed E-state index contributed by atoms with van der Waals surface area (Å²) in [5.74, 6) is -0.948. The molecule has 18 heavy (non-hydrogen) atoms. The van der Waals surface area contributed by atoms with Crippen molar-refractivity contribution in [1.29, 1.82) is 0 Å². The lowest BCUT2D eigenvalue weighted by Gasteiger charge is -2.18. The second-order valence-electron chi connectivity index (χ2n) is 4.68. The summed E-state index contributed by atoms with van der Waals surface area (Å²) < 4.78 is 0.853. The lowest BCUT2D eigenvalue weighted by Crippen LogP contribution is -2.29. The van der Waals surface area contributed by atoms with Crippen molar-refractivity contribution in [1.82, 2.24) is 4.98 Å². The summed E-state index contributed by atoms with van der Waals surface area (Å²) in [6, 6.07) is 3.43. The highest BCUT2D eigenvalue weighted by Gasteiger charge is 2.30. The molecule has 0 atom stereocenters. The zero-order valence-electron chi connectivity index (χ0n) is 10.5. The standard InChI is InChI=1S/C12H15BrN2O3/c1-7-8(13)4-5-9(14-7)15-10(16)6-12(2,3)11(17)18/h4-5H,6H2,1-3H3,(H,17,18)(H,14,15,16). The molecule has 1 rings (SSSR count).